The highest BCUT2D eigenvalue weighted by molar-refractivity contribution is 14.0. The Bertz CT molecular complexity index is 710. The molecule has 0 aliphatic heterocycles. The van der Waals surface area contributed by atoms with E-state index in [1.54, 1.807) is 30.3 Å². The molecule has 26 heavy (non-hydrogen) atoms. The number of hydrogen-bond donors (Lipinski definition) is 3. The van der Waals surface area contributed by atoms with E-state index in [1.165, 1.54) is 6.07 Å². The van der Waals surface area contributed by atoms with E-state index >= 15 is 0 Å². The third kappa shape index (κ3) is 7.38. The van der Waals surface area contributed by atoms with Crippen LogP contribution >= 0.6 is 24.0 Å². The molecule has 7 heteroatoms. The summed E-state index contributed by atoms with van der Waals surface area (Å²) < 4.78 is 13.6. The second-order valence-corrected chi connectivity index (χ2v) is 5.34. The van der Waals surface area contributed by atoms with Crippen LogP contribution in [0.3, 0.4) is 0 Å². The summed E-state index contributed by atoms with van der Waals surface area (Å²) >= 11 is 0. The van der Waals surface area contributed by atoms with Crippen molar-refractivity contribution in [3.05, 3.63) is 71.5 Å². The van der Waals surface area contributed by atoms with Crippen molar-refractivity contribution < 1.29 is 9.18 Å². The number of benzene rings is 2. The van der Waals surface area contributed by atoms with Gasteiger partial charge in [0.2, 0.25) is 0 Å². The Morgan fingerprint density at radius 3 is 2.31 bits per heavy atom. The molecule has 0 aliphatic rings. The number of halogens is 2. The molecular weight excluding hydrogens is 446 g/mol. The summed E-state index contributed by atoms with van der Waals surface area (Å²) in [4.78, 5) is 16.3. The summed E-state index contributed by atoms with van der Waals surface area (Å²) in [5.41, 5.74) is 1.17. The zero-order chi connectivity index (χ0) is 17.9. The normalized spacial score (nSPS) is 10.6. The molecule has 5 nitrogen and oxygen atoms in total. The molecule has 2 aromatic rings. The van der Waals surface area contributed by atoms with Crippen molar-refractivity contribution in [2.45, 2.75) is 13.5 Å². The molecule has 0 saturated heterocycles. The fraction of sp³-hybridized carbons (Fsp3) is 0.263. The summed E-state index contributed by atoms with van der Waals surface area (Å²) in [6, 6.07) is 15.6. The van der Waals surface area contributed by atoms with E-state index in [9.17, 15) is 9.18 Å². The highest BCUT2D eigenvalue weighted by Gasteiger charge is 2.04. The lowest BCUT2D eigenvalue weighted by molar-refractivity contribution is 0.0954. The van der Waals surface area contributed by atoms with E-state index in [4.69, 9.17) is 0 Å². The second-order valence-electron chi connectivity index (χ2n) is 5.34. The number of nitrogens with one attached hydrogen (secondary N) is 3. The monoisotopic (exact) mass is 470 g/mol. The van der Waals surface area contributed by atoms with E-state index in [2.05, 4.69) is 20.9 Å². The Morgan fingerprint density at radius 2 is 1.62 bits per heavy atom. The Hall–Kier alpha value is -2.16. The Balaban J connectivity index is 0.00000338. The molecule has 0 aromatic heterocycles. The smallest absolute Gasteiger partial charge is 0.251 e. The minimum atomic E-state index is -0.266. The number of guanidine groups is 1. The maximum absolute atomic E-state index is 13.6. The van der Waals surface area contributed by atoms with Crippen molar-refractivity contribution in [2.75, 3.05) is 19.6 Å². The fourth-order valence-electron chi connectivity index (χ4n) is 2.18. The number of aliphatic imine (C=N–C) groups is 1. The van der Waals surface area contributed by atoms with Gasteiger partial charge in [-0.15, -0.1) is 24.0 Å². The van der Waals surface area contributed by atoms with Crippen molar-refractivity contribution in [2.24, 2.45) is 4.99 Å². The van der Waals surface area contributed by atoms with E-state index in [-0.39, 0.29) is 42.2 Å². The quantitative estimate of drug-likeness (QED) is 0.253. The van der Waals surface area contributed by atoms with Gasteiger partial charge in [-0.05, 0) is 25.1 Å². The molecule has 0 saturated carbocycles. The first-order valence-corrected chi connectivity index (χ1v) is 8.29. The molecule has 0 unspecified atom stereocenters. The van der Waals surface area contributed by atoms with Crippen molar-refractivity contribution in [3.8, 4) is 0 Å². The number of hydrogen-bond acceptors (Lipinski definition) is 2. The summed E-state index contributed by atoms with van der Waals surface area (Å²) in [6.45, 7) is 3.87. The van der Waals surface area contributed by atoms with Crippen molar-refractivity contribution >= 4 is 35.8 Å². The molecule has 2 rings (SSSR count). The Kier molecular flexibility index (Phi) is 10.3. The van der Waals surface area contributed by atoms with Crippen molar-refractivity contribution in [1.82, 2.24) is 16.0 Å². The number of carbonyl (C=O) groups is 1. The number of carbonyl (C=O) groups excluding carboxylic acids is 1. The SMILES string of the molecule is CCNC(=NCc1ccccc1F)NCCNC(=O)c1ccccc1.I. The van der Waals surface area contributed by atoms with Crippen LogP contribution < -0.4 is 16.0 Å². The molecule has 0 heterocycles. The van der Waals surface area contributed by atoms with E-state index in [0.29, 0.717) is 36.7 Å². The second kappa shape index (κ2) is 12.2. The van der Waals surface area contributed by atoms with Gasteiger partial charge in [-0.1, -0.05) is 36.4 Å². The predicted octanol–water partition coefficient (Wildman–Crippen LogP) is 2.93. The average molecular weight is 470 g/mol. The standard InChI is InChI=1S/C19H23FN4O.HI/c1-2-21-19(24-14-16-10-6-7-11-17(16)20)23-13-12-22-18(25)15-8-4-3-5-9-15;/h3-11H,2,12-14H2,1H3,(H,22,25)(H2,21,23,24);1H. The van der Waals surface area contributed by atoms with Crippen LogP contribution in [0.25, 0.3) is 0 Å². The molecule has 0 fully saturated rings. The first-order valence-electron chi connectivity index (χ1n) is 8.29. The Morgan fingerprint density at radius 1 is 0.962 bits per heavy atom. The number of rotatable bonds is 7. The van der Waals surface area contributed by atoms with Gasteiger partial charge in [0, 0.05) is 30.8 Å². The van der Waals surface area contributed by atoms with Crippen LogP contribution in [0.15, 0.2) is 59.6 Å². The molecule has 0 spiro atoms. The van der Waals surface area contributed by atoms with Gasteiger partial charge in [0.25, 0.3) is 5.91 Å². The highest BCUT2D eigenvalue weighted by atomic mass is 127. The minimum Gasteiger partial charge on any atom is -0.357 e. The topological polar surface area (TPSA) is 65.5 Å². The summed E-state index contributed by atoms with van der Waals surface area (Å²) in [6.07, 6.45) is 0. The lowest BCUT2D eigenvalue weighted by Crippen LogP contribution is -2.41. The van der Waals surface area contributed by atoms with Crippen LogP contribution in [0, 0.1) is 5.82 Å². The highest BCUT2D eigenvalue weighted by Crippen LogP contribution is 2.07. The maximum Gasteiger partial charge on any atom is 0.251 e. The van der Waals surface area contributed by atoms with Crippen molar-refractivity contribution in [3.63, 3.8) is 0 Å². The summed E-state index contributed by atoms with van der Waals surface area (Å²) in [7, 11) is 0. The summed E-state index contributed by atoms with van der Waals surface area (Å²) in [5, 5.41) is 9.05. The van der Waals surface area contributed by atoms with Gasteiger partial charge < -0.3 is 16.0 Å². The maximum atomic E-state index is 13.6. The van der Waals surface area contributed by atoms with E-state index in [1.807, 2.05) is 25.1 Å². The lowest BCUT2D eigenvalue weighted by Gasteiger charge is -2.12. The first kappa shape index (κ1) is 21.9. The molecular formula is C19H24FIN4O. The molecule has 0 aliphatic carbocycles. The molecule has 0 atom stereocenters. The molecule has 0 bridgehead atoms. The van der Waals surface area contributed by atoms with E-state index < -0.39 is 0 Å². The van der Waals surface area contributed by atoms with Crippen LogP contribution in [-0.4, -0.2) is 31.5 Å². The van der Waals surface area contributed by atoms with Gasteiger partial charge in [-0.3, -0.25) is 4.79 Å². The van der Waals surface area contributed by atoms with Gasteiger partial charge >= 0.3 is 0 Å². The zero-order valence-corrected chi connectivity index (χ0v) is 17.0. The van der Waals surface area contributed by atoms with Crippen LogP contribution in [0.2, 0.25) is 0 Å². The van der Waals surface area contributed by atoms with Crippen LogP contribution in [0.4, 0.5) is 4.39 Å². The van der Waals surface area contributed by atoms with Crippen LogP contribution in [0.5, 0.6) is 0 Å². The molecule has 2 aromatic carbocycles. The minimum absolute atomic E-state index is 0. The molecule has 0 radical (unpaired) electrons. The van der Waals surface area contributed by atoms with Gasteiger partial charge in [0.05, 0.1) is 6.54 Å². The third-order valence-corrected chi connectivity index (χ3v) is 3.45. The van der Waals surface area contributed by atoms with Crippen LogP contribution in [-0.2, 0) is 6.54 Å². The fourth-order valence-corrected chi connectivity index (χ4v) is 2.18. The third-order valence-electron chi connectivity index (χ3n) is 3.45. The number of nitrogens with zero attached hydrogens (tertiary/aromatic N) is 1. The summed E-state index contributed by atoms with van der Waals surface area (Å²) in [5.74, 6) is 0.202. The van der Waals surface area contributed by atoms with Crippen LogP contribution in [0.1, 0.15) is 22.8 Å². The Labute approximate surface area is 170 Å². The number of amides is 1. The lowest BCUT2D eigenvalue weighted by atomic mass is 10.2. The largest absolute Gasteiger partial charge is 0.357 e. The molecule has 3 N–H and O–H groups in total. The van der Waals surface area contributed by atoms with Gasteiger partial charge in [-0.2, -0.15) is 0 Å². The first-order chi connectivity index (χ1) is 12.2. The zero-order valence-electron chi connectivity index (χ0n) is 14.7. The van der Waals surface area contributed by atoms with Gasteiger partial charge in [0.1, 0.15) is 5.82 Å². The van der Waals surface area contributed by atoms with E-state index in [0.717, 1.165) is 0 Å². The van der Waals surface area contributed by atoms with Gasteiger partial charge in [0.15, 0.2) is 5.96 Å². The predicted molar refractivity (Wildman–Crippen MR) is 113 cm³/mol. The molecule has 140 valence electrons. The average Bonchev–Trinajstić information content (AvgIpc) is 2.64. The van der Waals surface area contributed by atoms with Gasteiger partial charge in [-0.25, -0.2) is 9.38 Å². The van der Waals surface area contributed by atoms with Crippen molar-refractivity contribution in [1.29, 1.82) is 0 Å². The molecule has 1 amide bonds.